The van der Waals surface area contributed by atoms with E-state index in [1.165, 1.54) is 0 Å². The summed E-state index contributed by atoms with van der Waals surface area (Å²) in [5, 5.41) is 2.87. The van der Waals surface area contributed by atoms with E-state index in [0.29, 0.717) is 5.69 Å². The summed E-state index contributed by atoms with van der Waals surface area (Å²) < 4.78 is 0. The number of hydrogen-bond acceptors (Lipinski definition) is 3. The molecule has 0 bridgehead atoms. The highest BCUT2D eigenvalue weighted by Crippen LogP contribution is 2.23. The van der Waals surface area contributed by atoms with E-state index in [0.717, 1.165) is 29.5 Å². The molecule has 0 radical (unpaired) electrons. The van der Waals surface area contributed by atoms with Crippen LogP contribution in [0, 0.1) is 13.8 Å². The van der Waals surface area contributed by atoms with Gasteiger partial charge in [-0.15, -0.1) is 0 Å². The minimum absolute atomic E-state index is 0.247. The summed E-state index contributed by atoms with van der Waals surface area (Å²) in [4.78, 5) is 30.3. The molecule has 1 amide bonds. The summed E-state index contributed by atoms with van der Waals surface area (Å²) in [7, 11) is 0. The lowest BCUT2D eigenvalue weighted by Gasteiger charge is -2.08. The van der Waals surface area contributed by atoms with E-state index >= 15 is 0 Å². The Labute approximate surface area is 122 Å². The van der Waals surface area contributed by atoms with E-state index in [4.69, 9.17) is 0 Å². The van der Waals surface area contributed by atoms with Gasteiger partial charge in [-0.3, -0.25) is 4.79 Å². The Morgan fingerprint density at radius 3 is 2.76 bits per heavy atom. The fourth-order valence-corrected chi connectivity index (χ4v) is 2.22. The monoisotopic (exact) mass is 283 g/mol. The van der Waals surface area contributed by atoms with Crippen molar-refractivity contribution in [2.75, 3.05) is 0 Å². The summed E-state index contributed by atoms with van der Waals surface area (Å²) in [5.41, 5.74) is 3.27. The van der Waals surface area contributed by atoms with Gasteiger partial charge in [0.25, 0.3) is 5.91 Å². The third-order valence-corrected chi connectivity index (χ3v) is 3.57. The predicted molar refractivity (Wildman–Crippen MR) is 80.3 cm³/mol. The van der Waals surface area contributed by atoms with E-state index in [-0.39, 0.29) is 17.6 Å². The number of aromatic amines is 1. The maximum Gasteiger partial charge on any atom is 0.346 e. The summed E-state index contributed by atoms with van der Waals surface area (Å²) in [6.07, 6.45) is 2.01. The van der Waals surface area contributed by atoms with Gasteiger partial charge in [-0.2, -0.15) is 4.98 Å². The third-order valence-electron chi connectivity index (χ3n) is 3.57. The molecule has 0 spiro atoms. The van der Waals surface area contributed by atoms with Crippen molar-refractivity contribution in [2.45, 2.75) is 32.7 Å². The highest BCUT2D eigenvalue weighted by molar-refractivity contribution is 5.93. The Morgan fingerprint density at radius 1 is 1.29 bits per heavy atom. The van der Waals surface area contributed by atoms with Crippen LogP contribution in [-0.4, -0.2) is 21.9 Å². The van der Waals surface area contributed by atoms with E-state index in [9.17, 15) is 9.59 Å². The van der Waals surface area contributed by atoms with Crippen molar-refractivity contribution in [1.82, 2.24) is 15.3 Å². The zero-order valence-corrected chi connectivity index (χ0v) is 12.1. The molecule has 1 aromatic heterocycles. The van der Waals surface area contributed by atoms with E-state index < -0.39 is 5.69 Å². The molecule has 5 heteroatoms. The van der Waals surface area contributed by atoms with Crippen LogP contribution in [0.2, 0.25) is 0 Å². The molecule has 0 saturated heterocycles. The molecule has 2 N–H and O–H groups in total. The molecule has 0 unspecified atom stereocenters. The number of carbonyl (C=O) groups excluding carboxylic acids is 1. The van der Waals surface area contributed by atoms with Crippen molar-refractivity contribution in [3.63, 3.8) is 0 Å². The van der Waals surface area contributed by atoms with E-state index in [2.05, 4.69) is 15.3 Å². The Balaban J connectivity index is 2.02. The lowest BCUT2D eigenvalue weighted by Crippen LogP contribution is -2.29. The van der Waals surface area contributed by atoms with Gasteiger partial charge in [-0.1, -0.05) is 17.7 Å². The second-order valence-corrected chi connectivity index (χ2v) is 5.55. The highest BCUT2D eigenvalue weighted by Gasteiger charge is 2.24. The SMILES string of the molecule is Cc1ccc(C)c(-c2cc(C(=O)NC3CC3)[nH]c(=O)n2)c1. The standard InChI is InChI=1S/C16H17N3O2/c1-9-3-4-10(2)12(7-9)13-8-14(19-16(21)18-13)15(20)17-11-5-6-11/h3-4,7-8,11H,5-6H2,1-2H3,(H,17,20)(H,18,19,21). The van der Waals surface area contributed by atoms with Crippen LogP contribution < -0.4 is 11.0 Å². The molecule has 1 heterocycles. The van der Waals surface area contributed by atoms with Crippen LogP contribution in [0.25, 0.3) is 11.3 Å². The third kappa shape index (κ3) is 3.02. The summed E-state index contributed by atoms with van der Waals surface area (Å²) >= 11 is 0. The molecule has 2 aromatic rings. The number of hydrogen-bond donors (Lipinski definition) is 2. The summed E-state index contributed by atoms with van der Waals surface area (Å²) in [5.74, 6) is -0.247. The number of aryl methyl sites for hydroxylation is 2. The average molecular weight is 283 g/mol. The lowest BCUT2D eigenvalue weighted by atomic mass is 10.0. The zero-order valence-electron chi connectivity index (χ0n) is 12.1. The molecule has 0 atom stereocenters. The quantitative estimate of drug-likeness (QED) is 0.904. The first-order chi connectivity index (χ1) is 10.0. The first-order valence-electron chi connectivity index (χ1n) is 7.03. The number of amides is 1. The molecule has 3 rings (SSSR count). The van der Waals surface area contributed by atoms with Crippen LogP contribution >= 0.6 is 0 Å². The first-order valence-corrected chi connectivity index (χ1v) is 7.03. The number of nitrogens with one attached hydrogen (secondary N) is 2. The number of rotatable bonds is 3. The number of carbonyl (C=O) groups is 1. The van der Waals surface area contributed by atoms with Gasteiger partial charge in [0.1, 0.15) is 5.69 Å². The molecule has 21 heavy (non-hydrogen) atoms. The normalized spacial score (nSPS) is 14.0. The molecular formula is C16H17N3O2. The summed E-state index contributed by atoms with van der Waals surface area (Å²) in [6, 6.07) is 7.85. The van der Waals surface area contributed by atoms with Gasteiger partial charge in [0.05, 0.1) is 5.69 Å². The Kier molecular flexibility index (Phi) is 3.33. The molecule has 1 aliphatic rings. The van der Waals surface area contributed by atoms with Crippen molar-refractivity contribution in [3.8, 4) is 11.3 Å². The van der Waals surface area contributed by atoms with Crippen LogP contribution in [0.3, 0.4) is 0 Å². The van der Waals surface area contributed by atoms with Crippen molar-refractivity contribution < 1.29 is 4.79 Å². The lowest BCUT2D eigenvalue weighted by molar-refractivity contribution is 0.0945. The van der Waals surface area contributed by atoms with Gasteiger partial charge in [0.2, 0.25) is 0 Å². The number of H-pyrrole nitrogens is 1. The molecule has 1 fully saturated rings. The fraction of sp³-hybridized carbons (Fsp3) is 0.312. The molecular weight excluding hydrogens is 266 g/mol. The van der Waals surface area contributed by atoms with Crippen molar-refractivity contribution >= 4 is 5.91 Å². The van der Waals surface area contributed by atoms with Crippen LogP contribution in [0.15, 0.2) is 29.1 Å². The predicted octanol–water partition coefficient (Wildman–Crippen LogP) is 1.95. The Hall–Kier alpha value is -2.43. The summed E-state index contributed by atoms with van der Waals surface area (Å²) in [6.45, 7) is 3.94. The van der Waals surface area contributed by atoms with Gasteiger partial charge < -0.3 is 10.3 Å². The first kappa shape index (κ1) is 13.5. The smallest absolute Gasteiger partial charge is 0.346 e. The molecule has 1 aromatic carbocycles. The molecule has 0 aliphatic heterocycles. The second-order valence-electron chi connectivity index (χ2n) is 5.55. The van der Waals surface area contributed by atoms with Crippen LogP contribution in [-0.2, 0) is 0 Å². The van der Waals surface area contributed by atoms with E-state index in [1.54, 1.807) is 6.07 Å². The van der Waals surface area contributed by atoms with Crippen molar-refractivity contribution in [2.24, 2.45) is 0 Å². The average Bonchev–Trinajstić information content (AvgIpc) is 3.24. The topological polar surface area (TPSA) is 74.8 Å². The minimum atomic E-state index is -0.505. The molecule has 5 nitrogen and oxygen atoms in total. The maximum atomic E-state index is 12.1. The number of nitrogens with zero attached hydrogens (tertiary/aromatic N) is 1. The van der Waals surface area contributed by atoms with Gasteiger partial charge >= 0.3 is 5.69 Å². The zero-order chi connectivity index (χ0) is 15.0. The second kappa shape index (κ2) is 5.16. The maximum absolute atomic E-state index is 12.1. The van der Waals surface area contributed by atoms with Crippen LogP contribution in [0.4, 0.5) is 0 Å². The van der Waals surface area contributed by atoms with Crippen molar-refractivity contribution in [3.05, 3.63) is 51.6 Å². The fourth-order valence-electron chi connectivity index (χ4n) is 2.22. The highest BCUT2D eigenvalue weighted by atomic mass is 16.2. The van der Waals surface area contributed by atoms with Crippen LogP contribution in [0.5, 0.6) is 0 Å². The largest absolute Gasteiger partial charge is 0.348 e. The van der Waals surface area contributed by atoms with Gasteiger partial charge in [0, 0.05) is 11.6 Å². The van der Waals surface area contributed by atoms with Gasteiger partial charge in [-0.25, -0.2) is 4.79 Å². The number of benzene rings is 1. The molecule has 1 saturated carbocycles. The van der Waals surface area contributed by atoms with Crippen molar-refractivity contribution in [1.29, 1.82) is 0 Å². The Bertz CT molecular complexity index is 760. The number of aromatic nitrogens is 2. The van der Waals surface area contributed by atoms with Gasteiger partial charge in [0.15, 0.2) is 0 Å². The molecule has 1 aliphatic carbocycles. The van der Waals surface area contributed by atoms with Gasteiger partial charge in [-0.05, 0) is 44.4 Å². The molecule has 108 valence electrons. The van der Waals surface area contributed by atoms with Crippen LogP contribution in [0.1, 0.15) is 34.5 Å². The Morgan fingerprint density at radius 2 is 2.05 bits per heavy atom. The van der Waals surface area contributed by atoms with E-state index in [1.807, 2.05) is 32.0 Å². The minimum Gasteiger partial charge on any atom is -0.348 e.